The minimum absolute atomic E-state index is 0.433. The number of benzene rings is 1. The quantitative estimate of drug-likeness (QED) is 0.843. The highest BCUT2D eigenvalue weighted by molar-refractivity contribution is 5.92. The van der Waals surface area contributed by atoms with Gasteiger partial charge in [0, 0.05) is 12.1 Å². The van der Waals surface area contributed by atoms with Crippen molar-refractivity contribution in [3.05, 3.63) is 34.9 Å². The molecule has 0 amide bonds. The molecule has 1 heterocycles. The molecule has 0 aliphatic carbocycles. The molecule has 1 aromatic carbocycles. The third-order valence-corrected chi connectivity index (χ3v) is 3.08. The van der Waals surface area contributed by atoms with Crippen LogP contribution in [0.5, 0.6) is 0 Å². The Bertz CT molecular complexity index is 599. The fourth-order valence-electron chi connectivity index (χ4n) is 2.12. The molecule has 0 atom stereocenters. The number of nitrogen functional groups attached to an aromatic ring is 1. The van der Waals surface area contributed by atoms with Crippen molar-refractivity contribution in [1.29, 1.82) is 0 Å². The molecule has 0 radical (unpaired) electrons. The number of nitrogens with two attached hydrogens (primary N) is 1. The van der Waals surface area contributed by atoms with E-state index in [0.29, 0.717) is 23.6 Å². The molecule has 0 unspecified atom stereocenters. The molecule has 0 saturated carbocycles. The molecule has 94 valence electrons. The summed E-state index contributed by atoms with van der Waals surface area (Å²) in [6, 6.07) is 6.07. The zero-order valence-corrected chi connectivity index (χ0v) is 10.9. The smallest absolute Gasteiger partial charge is 0.156 e. The van der Waals surface area contributed by atoms with Crippen LogP contribution in [0.15, 0.2) is 18.2 Å². The number of anilines is 1. The maximum absolute atomic E-state index is 11.2. The van der Waals surface area contributed by atoms with Crippen LogP contribution in [-0.4, -0.2) is 16.1 Å². The molecule has 18 heavy (non-hydrogen) atoms. The van der Waals surface area contributed by atoms with Gasteiger partial charge in [0.15, 0.2) is 6.29 Å². The fourth-order valence-corrected chi connectivity index (χ4v) is 2.12. The summed E-state index contributed by atoms with van der Waals surface area (Å²) in [4.78, 5) is 11.2. The lowest BCUT2D eigenvalue weighted by molar-refractivity contribution is 0.112. The first-order chi connectivity index (χ1) is 8.58. The third kappa shape index (κ3) is 1.90. The Morgan fingerprint density at radius 3 is 2.67 bits per heavy atom. The van der Waals surface area contributed by atoms with Gasteiger partial charge in [-0.3, -0.25) is 4.79 Å². The van der Waals surface area contributed by atoms with Gasteiger partial charge in [0.25, 0.3) is 0 Å². The van der Waals surface area contributed by atoms with Crippen molar-refractivity contribution in [2.75, 3.05) is 5.73 Å². The predicted molar refractivity (Wildman–Crippen MR) is 72.6 cm³/mol. The van der Waals surface area contributed by atoms with Crippen molar-refractivity contribution < 1.29 is 4.79 Å². The summed E-state index contributed by atoms with van der Waals surface area (Å²) in [6.07, 6.45) is 0.781. The normalized spacial score (nSPS) is 10.6. The minimum atomic E-state index is 0.433. The number of aromatic nitrogens is 2. The third-order valence-electron chi connectivity index (χ3n) is 3.08. The highest BCUT2D eigenvalue weighted by Crippen LogP contribution is 2.28. The van der Waals surface area contributed by atoms with Gasteiger partial charge in [0.2, 0.25) is 0 Å². The molecular weight excluding hydrogens is 226 g/mol. The van der Waals surface area contributed by atoms with Crippen LogP contribution in [0, 0.1) is 13.8 Å². The van der Waals surface area contributed by atoms with Gasteiger partial charge in [-0.05, 0) is 26.3 Å². The van der Waals surface area contributed by atoms with Gasteiger partial charge < -0.3 is 5.73 Å². The average molecular weight is 243 g/mol. The lowest BCUT2D eigenvalue weighted by Crippen LogP contribution is -2.02. The number of carbonyl (C=O) groups excluding carboxylic acids is 1. The van der Waals surface area contributed by atoms with E-state index in [2.05, 4.69) is 11.2 Å². The Kier molecular flexibility index (Phi) is 3.19. The Morgan fingerprint density at radius 1 is 1.39 bits per heavy atom. The van der Waals surface area contributed by atoms with E-state index in [-0.39, 0.29) is 0 Å². The van der Waals surface area contributed by atoms with E-state index in [1.165, 1.54) is 5.56 Å². The average Bonchev–Trinajstić information content (AvgIpc) is 2.65. The second kappa shape index (κ2) is 4.64. The van der Waals surface area contributed by atoms with Crippen LogP contribution in [0.1, 0.15) is 28.4 Å². The SMILES string of the molecule is CCn1nc(-c2ccc(C)cc2C)c(C=O)c1N. The molecule has 0 saturated heterocycles. The number of aldehydes is 1. The molecule has 0 aliphatic heterocycles. The van der Waals surface area contributed by atoms with E-state index in [1.54, 1.807) is 4.68 Å². The van der Waals surface area contributed by atoms with Crippen molar-refractivity contribution in [3.63, 3.8) is 0 Å². The molecule has 0 fully saturated rings. The number of aryl methyl sites for hydroxylation is 3. The van der Waals surface area contributed by atoms with Gasteiger partial charge in [0.05, 0.1) is 5.56 Å². The minimum Gasteiger partial charge on any atom is -0.383 e. The second-order valence-electron chi connectivity index (χ2n) is 4.40. The summed E-state index contributed by atoms with van der Waals surface area (Å²) in [6.45, 7) is 6.65. The van der Waals surface area contributed by atoms with Crippen molar-refractivity contribution in [1.82, 2.24) is 9.78 Å². The van der Waals surface area contributed by atoms with Gasteiger partial charge in [-0.15, -0.1) is 0 Å². The van der Waals surface area contributed by atoms with E-state index < -0.39 is 0 Å². The zero-order chi connectivity index (χ0) is 13.3. The van der Waals surface area contributed by atoms with Crippen molar-refractivity contribution in [3.8, 4) is 11.3 Å². The first-order valence-corrected chi connectivity index (χ1v) is 5.97. The van der Waals surface area contributed by atoms with Gasteiger partial charge in [-0.2, -0.15) is 5.10 Å². The Balaban J connectivity index is 2.66. The van der Waals surface area contributed by atoms with E-state index in [1.807, 2.05) is 32.9 Å². The molecule has 4 heteroatoms. The van der Waals surface area contributed by atoms with Gasteiger partial charge in [-0.25, -0.2) is 4.68 Å². The number of rotatable bonds is 3. The highest BCUT2D eigenvalue weighted by Gasteiger charge is 2.17. The van der Waals surface area contributed by atoms with Crippen LogP contribution < -0.4 is 5.73 Å². The number of carbonyl (C=O) groups is 1. The molecule has 1 aromatic heterocycles. The molecule has 4 nitrogen and oxygen atoms in total. The summed E-state index contributed by atoms with van der Waals surface area (Å²) < 4.78 is 1.65. The van der Waals surface area contributed by atoms with Crippen LogP contribution in [-0.2, 0) is 6.54 Å². The number of nitrogens with zero attached hydrogens (tertiary/aromatic N) is 2. The van der Waals surface area contributed by atoms with Crippen molar-refractivity contribution in [2.24, 2.45) is 0 Å². The van der Waals surface area contributed by atoms with Crippen LogP contribution in [0.4, 0.5) is 5.82 Å². The first-order valence-electron chi connectivity index (χ1n) is 5.97. The zero-order valence-electron chi connectivity index (χ0n) is 10.9. The molecule has 0 bridgehead atoms. The summed E-state index contributed by atoms with van der Waals surface area (Å²) in [5.41, 5.74) is 10.3. The van der Waals surface area contributed by atoms with E-state index in [9.17, 15) is 4.79 Å². The first kappa shape index (κ1) is 12.4. The Morgan fingerprint density at radius 2 is 2.11 bits per heavy atom. The largest absolute Gasteiger partial charge is 0.383 e. The van der Waals surface area contributed by atoms with Crippen LogP contribution >= 0.6 is 0 Å². The van der Waals surface area contributed by atoms with Crippen molar-refractivity contribution in [2.45, 2.75) is 27.3 Å². The molecular formula is C14H17N3O. The maximum Gasteiger partial charge on any atom is 0.156 e. The van der Waals surface area contributed by atoms with Crippen LogP contribution in [0.2, 0.25) is 0 Å². The van der Waals surface area contributed by atoms with Crippen LogP contribution in [0.25, 0.3) is 11.3 Å². The maximum atomic E-state index is 11.2. The summed E-state index contributed by atoms with van der Waals surface area (Å²) in [5.74, 6) is 0.433. The number of hydrogen-bond acceptors (Lipinski definition) is 3. The van der Waals surface area contributed by atoms with E-state index >= 15 is 0 Å². The molecule has 2 aromatic rings. The highest BCUT2D eigenvalue weighted by atomic mass is 16.1. The lowest BCUT2D eigenvalue weighted by Gasteiger charge is -2.04. The van der Waals surface area contributed by atoms with Crippen LogP contribution in [0.3, 0.4) is 0 Å². The number of hydrogen-bond donors (Lipinski definition) is 1. The van der Waals surface area contributed by atoms with Crippen molar-refractivity contribution >= 4 is 12.1 Å². The van der Waals surface area contributed by atoms with E-state index in [4.69, 9.17) is 5.73 Å². The Labute approximate surface area is 106 Å². The van der Waals surface area contributed by atoms with Gasteiger partial charge in [-0.1, -0.05) is 23.8 Å². The topological polar surface area (TPSA) is 60.9 Å². The van der Waals surface area contributed by atoms with E-state index in [0.717, 1.165) is 17.4 Å². The van der Waals surface area contributed by atoms with Gasteiger partial charge >= 0.3 is 0 Å². The summed E-state index contributed by atoms with van der Waals surface area (Å²) >= 11 is 0. The fraction of sp³-hybridized carbons (Fsp3) is 0.286. The standard InChI is InChI=1S/C14H17N3O/c1-4-17-14(15)12(8-18)13(16-17)11-6-5-9(2)7-10(11)3/h5-8H,4,15H2,1-3H3. The molecule has 0 spiro atoms. The summed E-state index contributed by atoms with van der Waals surface area (Å²) in [5, 5.41) is 4.42. The monoisotopic (exact) mass is 243 g/mol. The molecule has 0 aliphatic rings. The Hall–Kier alpha value is -2.10. The van der Waals surface area contributed by atoms with Gasteiger partial charge in [0.1, 0.15) is 11.5 Å². The molecule has 2 N–H and O–H groups in total. The predicted octanol–water partition coefficient (Wildman–Crippen LogP) is 2.58. The molecule has 2 rings (SSSR count). The summed E-state index contributed by atoms with van der Waals surface area (Å²) in [7, 11) is 0. The second-order valence-corrected chi connectivity index (χ2v) is 4.40. The lowest BCUT2D eigenvalue weighted by atomic mass is 10.0.